The number of aromatic nitrogens is 1. The highest BCUT2D eigenvalue weighted by molar-refractivity contribution is 6.18. The Balaban J connectivity index is 1.48. The van der Waals surface area contributed by atoms with E-state index in [0.717, 1.165) is 77.5 Å². The normalized spacial score (nSPS) is 12.3. The van der Waals surface area contributed by atoms with Gasteiger partial charge in [-0.15, -0.1) is 0 Å². The fraction of sp³-hybridized carbons (Fsp3) is 0.0217. The molecule has 0 atom stereocenters. The van der Waals surface area contributed by atoms with Gasteiger partial charge < -0.3 is 5.32 Å². The van der Waals surface area contributed by atoms with Gasteiger partial charge in [0.25, 0.3) is 0 Å². The fourth-order valence-electron chi connectivity index (χ4n) is 6.93. The van der Waals surface area contributed by atoms with Gasteiger partial charge in [0.2, 0.25) is 0 Å². The van der Waals surface area contributed by atoms with E-state index in [4.69, 9.17) is 0 Å². The van der Waals surface area contributed by atoms with Crippen molar-refractivity contribution in [1.29, 1.82) is 10.5 Å². The maximum Gasteiger partial charge on any atom is 0.101 e. The Labute approximate surface area is 291 Å². The molecule has 0 unspecified atom stereocenters. The molecule has 0 spiro atoms. The van der Waals surface area contributed by atoms with E-state index in [-0.39, 0.29) is 0 Å². The van der Waals surface area contributed by atoms with Gasteiger partial charge >= 0.3 is 0 Å². The molecule has 50 heavy (non-hydrogen) atoms. The number of allylic oxidation sites excluding steroid dienone is 2. The number of rotatable bonds is 6. The van der Waals surface area contributed by atoms with Crippen molar-refractivity contribution < 1.29 is 0 Å². The molecule has 1 aliphatic heterocycles. The third kappa shape index (κ3) is 5.62. The van der Waals surface area contributed by atoms with Gasteiger partial charge in [0.05, 0.1) is 11.6 Å². The van der Waals surface area contributed by atoms with E-state index >= 15 is 0 Å². The van der Waals surface area contributed by atoms with E-state index in [1.807, 2.05) is 24.5 Å². The Morgan fingerprint density at radius 2 is 1.02 bits per heavy atom. The molecule has 0 aliphatic carbocycles. The summed E-state index contributed by atoms with van der Waals surface area (Å²) in [6.07, 6.45) is 7.21. The van der Waals surface area contributed by atoms with Crippen LogP contribution in [0.15, 0.2) is 170 Å². The van der Waals surface area contributed by atoms with E-state index < -0.39 is 0 Å². The Morgan fingerprint density at radius 1 is 0.480 bits per heavy atom. The lowest BCUT2D eigenvalue weighted by atomic mass is 9.78. The predicted octanol–water partition coefficient (Wildman–Crippen LogP) is 11.6. The molecule has 0 N–H and O–H groups in total. The number of hydrogen-bond acceptors (Lipinski definition) is 3. The van der Waals surface area contributed by atoms with Crippen molar-refractivity contribution in [3.05, 3.63) is 186 Å². The van der Waals surface area contributed by atoms with Crippen molar-refractivity contribution >= 4 is 16.3 Å². The van der Waals surface area contributed by atoms with Crippen molar-refractivity contribution in [1.82, 2.24) is 4.98 Å². The molecule has 0 amide bonds. The van der Waals surface area contributed by atoms with Gasteiger partial charge in [0, 0.05) is 23.5 Å². The van der Waals surface area contributed by atoms with Gasteiger partial charge in [0.1, 0.15) is 6.07 Å². The average molecular weight is 638 g/mol. The molecule has 4 nitrogen and oxygen atoms in total. The molecule has 2 heterocycles. The van der Waals surface area contributed by atoms with Crippen LogP contribution in [0, 0.1) is 22.7 Å². The zero-order valence-electron chi connectivity index (χ0n) is 27.1. The molecule has 0 saturated heterocycles. The summed E-state index contributed by atoms with van der Waals surface area (Å²) < 4.78 is 0. The van der Waals surface area contributed by atoms with E-state index in [9.17, 15) is 10.5 Å². The quantitative estimate of drug-likeness (QED) is 0.182. The van der Waals surface area contributed by atoms with Crippen molar-refractivity contribution in [2.45, 2.75) is 0 Å². The number of pyridine rings is 1. The molecule has 0 radical (unpaired) electrons. The maximum atomic E-state index is 9.61. The lowest BCUT2D eigenvalue weighted by Gasteiger charge is -2.25. The Morgan fingerprint density at radius 3 is 1.62 bits per heavy atom. The standard InChI is InChI=1S/C46H29N4/c47-25-31-21-39(29-49-27-31)35-15-9-17-37(23-35)43-41-19-7-8-20-42(41)44(38-18-10-16-36(24-38)40-22-32(26-48)28-50-30-40)46(34-13-5-2-6-14-34)45(43)33-11-3-1-4-12-33/h1-24,27,29-30H,28H2/q-1. The third-order valence-corrected chi connectivity index (χ3v) is 9.14. The average Bonchev–Trinajstić information content (AvgIpc) is 3.20. The summed E-state index contributed by atoms with van der Waals surface area (Å²) in [6.45, 7) is 0.409. The highest BCUT2D eigenvalue weighted by Gasteiger charge is 2.24. The van der Waals surface area contributed by atoms with Gasteiger partial charge in [-0.1, -0.05) is 128 Å². The summed E-state index contributed by atoms with van der Waals surface area (Å²) in [5, 5.41) is 25.9. The molecule has 234 valence electrons. The lowest BCUT2D eigenvalue weighted by Crippen LogP contribution is -1.98. The van der Waals surface area contributed by atoms with Crippen LogP contribution in [-0.2, 0) is 0 Å². The highest BCUT2D eigenvalue weighted by Crippen LogP contribution is 2.51. The second kappa shape index (κ2) is 13.2. The molecule has 8 rings (SSSR count). The third-order valence-electron chi connectivity index (χ3n) is 9.14. The van der Waals surface area contributed by atoms with Crippen LogP contribution in [0.2, 0.25) is 0 Å². The summed E-state index contributed by atoms with van der Waals surface area (Å²) >= 11 is 0. The first kappa shape index (κ1) is 30.3. The smallest absolute Gasteiger partial charge is 0.101 e. The van der Waals surface area contributed by atoms with Crippen molar-refractivity contribution in [3.8, 4) is 67.8 Å². The first-order valence-corrected chi connectivity index (χ1v) is 16.5. The van der Waals surface area contributed by atoms with Crippen LogP contribution in [0.1, 0.15) is 11.1 Å². The van der Waals surface area contributed by atoms with Crippen LogP contribution >= 0.6 is 0 Å². The van der Waals surface area contributed by atoms with Gasteiger partial charge in [-0.3, -0.25) is 4.98 Å². The second-order valence-corrected chi connectivity index (χ2v) is 12.2. The first-order chi connectivity index (χ1) is 24.7. The van der Waals surface area contributed by atoms with Crippen molar-refractivity contribution in [2.75, 3.05) is 6.54 Å². The molecule has 6 aromatic carbocycles. The van der Waals surface area contributed by atoms with E-state index in [2.05, 4.69) is 156 Å². The monoisotopic (exact) mass is 637 g/mol. The van der Waals surface area contributed by atoms with Crippen LogP contribution in [0.25, 0.3) is 77.3 Å². The number of fused-ring (bicyclic) bond motifs is 1. The van der Waals surface area contributed by atoms with Crippen LogP contribution in [-0.4, -0.2) is 11.5 Å². The summed E-state index contributed by atoms with van der Waals surface area (Å²) in [5.41, 5.74) is 13.9. The molecule has 7 aromatic rings. The van der Waals surface area contributed by atoms with Crippen molar-refractivity contribution in [3.63, 3.8) is 0 Å². The van der Waals surface area contributed by atoms with Gasteiger partial charge in [-0.05, 0) is 96.3 Å². The molecule has 1 aliphatic rings. The minimum Gasteiger partial charge on any atom is -0.686 e. The number of hydrogen-bond donors (Lipinski definition) is 0. The Hall–Kier alpha value is -7.01. The summed E-state index contributed by atoms with van der Waals surface area (Å²) in [6, 6.07) is 53.4. The van der Waals surface area contributed by atoms with Crippen LogP contribution in [0.5, 0.6) is 0 Å². The molecule has 4 heteroatoms. The lowest BCUT2D eigenvalue weighted by molar-refractivity contribution is 1.30. The van der Waals surface area contributed by atoms with Crippen LogP contribution < -0.4 is 0 Å². The fourth-order valence-corrected chi connectivity index (χ4v) is 6.93. The van der Waals surface area contributed by atoms with Crippen LogP contribution in [0.3, 0.4) is 0 Å². The zero-order valence-corrected chi connectivity index (χ0v) is 27.1. The highest BCUT2D eigenvalue weighted by atomic mass is 14.8. The second-order valence-electron chi connectivity index (χ2n) is 12.2. The zero-order chi connectivity index (χ0) is 33.9. The minimum atomic E-state index is 0.409. The molecule has 0 saturated carbocycles. The van der Waals surface area contributed by atoms with Gasteiger partial charge in [-0.2, -0.15) is 16.7 Å². The topological polar surface area (TPSA) is 74.6 Å². The predicted molar refractivity (Wildman–Crippen MR) is 204 cm³/mol. The molecule has 1 aromatic heterocycles. The molecular weight excluding hydrogens is 609 g/mol. The van der Waals surface area contributed by atoms with Gasteiger partial charge in [-0.25, -0.2) is 0 Å². The van der Waals surface area contributed by atoms with E-state index in [1.54, 1.807) is 6.20 Å². The number of benzene rings is 6. The SMILES string of the molecule is N#CC1=CC(c2cccc(-c3c(-c4ccccc4)c(-c4ccccc4)c(-c4cccc(-c5cncc(C#N)c5)c4)c4ccccc34)c2)=C[N-]C1. The molecular formula is C46H29N4-. The number of nitriles is 2. The summed E-state index contributed by atoms with van der Waals surface area (Å²) in [5.74, 6) is 0. The number of nitrogens with zero attached hydrogens (tertiary/aromatic N) is 4. The minimum absolute atomic E-state index is 0.409. The van der Waals surface area contributed by atoms with Crippen molar-refractivity contribution in [2.24, 2.45) is 0 Å². The summed E-state index contributed by atoms with van der Waals surface area (Å²) in [4.78, 5) is 4.35. The Kier molecular flexibility index (Phi) is 8.03. The summed E-state index contributed by atoms with van der Waals surface area (Å²) in [7, 11) is 0. The Bertz CT molecular complexity index is 2550. The maximum absolute atomic E-state index is 9.61. The van der Waals surface area contributed by atoms with Gasteiger partial charge in [0.15, 0.2) is 0 Å². The first-order valence-electron chi connectivity index (χ1n) is 16.5. The molecule has 0 bridgehead atoms. The molecule has 0 fully saturated rings. The largest absolute Gasteiger partial charge is 0.686 e. The van der Waals surface area contributed by atoms with E-state index in [1.165, 1.54) is 0 Å². The van der Waals surface area contributed by atoms with E-state index in [0.29, 0.717) is 17.7 Å². The van der Waals surface area contributed by atoms with Crippen LogP contribution in [0.4, 0.5) is 0 Å².